The molecule has 0 spiro atoms. The summed E-state index contributed by atoms with van der Waals surface area (Å²) >= 11 is 1.43. The van der Waals surface area contributed by atoms with E-state index in [1.165, 1.54) is 11.8 Å². The molecule has 0 N–H and O–H groups in total. The molecule has 3 aromatic rings. The van der Waals surface area contributed by atoms with Crippen LogP contribution in [-0.4, -0.2) is 27.1 Å². The molecule has 0 saturated carbocycles. The molecule has 0 fully saturated rings. The van der Waals surface area contributed by atoms with Gasteiger partial charge >= 0.3 is 0 Å². The third kappa shape index (κ3) is 2.51. The number of hydrogen-bond acceptors (Lipinski definition) is 5. The first kappa shape index (κ1) is 13.3. The van der Waals surface area contributed by atoms with Crippen molar-refractivity contribution < 1.29 is 0 Å². The molecule has 0 aliphatic heterocycles. The van der Waals surface area contributed by atoms with E-state index in [4.69, 9.17) is 0 Å². The third-order valence-electron chi connectivity index (χ3n) is 2.92. The Balaban J connectivity index is 2.18. The monoisotopic (exact) mass is 293 g/mol. The minimum Gasteiger partial charge on any atom is -0.235 e. The standard InChI is InChI=1S/C15H11N5S/c1-21-15-12(9-16)14(20-13(19-15)7-8-18-20)17-10-11-5-3-2-4-6-11/h2-8,10H,1H3. The highest BCUT2D eigenvalue weighted by Gasteiger charge is 2.14. The Bertz CT molecular complexity index is 846. The molecule has 0 aliphatic rings. The number of nitriles is 1. The van der Waals surface area contributed by atoms with Crippen molar-refractivity contribution in [3.05, 3.63) is 53.7 Å². The van der Waals surface area contributed by atoms with Crippen LogP contribution in [0.3, 0.4) is 0 Å². The summed E-state index contributed by atoms with van der Waals surface area (Å²) in [6.45, 7) is 0. The molecule has 0 aliphatic carbocycles. The van der Waals surface area contributed by atoms with Gasteiger partial charge in [-0.15, -0.1) is 11.8 Å². The first-order valence-electron chi connectivity index (χ1n) is 6.24. The molecule has 1 aromatic carbocycles. The zero-order chi connectivity index (χ0) is 14.7. The van der Waals surface area contributed by atoms with Crippen LogP contribution in [0.5, 0.6) is 0 Å². The summed E-state index contributed by atoms with van der Waals surface area (Å²) in [5, 5.41) is 14.3. The molecule has 6 heteroatoms. The molecule has 0 unspecified atom stereocenters. The summed E-state index contributed by atoms with van der Waals surface area (Å²) in [7, 11) is 0. The fourth-order valence-corrected chi connectivity index (χ4v) is 2.47. The minimum absolute atomic E-state index is 0.436. The van der Waals surface area contributed by atoms with Crippen LogP contribution in [0.4, 0.5) is 5.82 Å². The molecule has 21 heavy (non-hydrogen) atoms. The van der Waals surface area contributed by atoms with Crippen LogP contribution in [0.15, 0.2) is 52.6 Å². The van der Waals surface area contributed by atoms with Gasteiger partial charge in [0.25, 0.3) is 0 Å². The fourth-order valence-electron chi connectivity index (χ4n) is 1.95. The van der Waals surface area contributed by atoms with Crippen molar-refractivity contribution in [3.63, 3.8) is 0 Å². The predicted octanol–water partition coefficient (Wildman–Crippen LogP) is 3.07. The van der Waals surface area contributed by atoms with Crippen LogP contribution in [0, 0.1) is 11.3 Å². The molecular formula is C15H11N5S. The number of aliphatic imine (C=N–C) groups is 1. The summed E-state index contributed by atoms with van der Waals surface area (Å²) in [6, 6.07) is 13.7. The van der Waals surface area contributed by atoms with Crippen molar-refractivity contribution in [2.75, 3.05) is 6.26 Å². The maximum absolute atomic E-state index is 9.41. The van der Waals surface area contributed by atoms with Gasteiger partial charge in [0.05, 0.1) is 6.20 Å². The van der Waals surface area contributed by atoms with Crippen molar-refractivity contribution in [3.8, 4) is 6.07 Å². The Kier molecular flexibility index (Phi) is 3.67. The van der Waals surface area contributed by atoms with Gasteiger partial charge in [0.2, 0.25) is 0 Å². The lowest BCUT2D eigenvalue weighted by molar-refractivity contribution is 0.907. The van der Waals surface area contributed by atoms with Crippen LogP contribution < -0.4 is 0 Å². The lowest BCUT2D eigenvalue weighted by Crippen LogP contribution is -1.98. The molecule has 2 heterocycles. The first-order valence-corrected chi connectivity index (χ1v) is 7.47. The Hall–Kier alpha value is -2.65. The van der Waals surface area contributed by atoms with Gasteiger partial charge in [-0.25, -0.2) is 9.98 Å². The summed E-state index contributed by atoms with van der Waals surface area (Å²) < 4.78 is 1.58. The number of fused-ring (bicyclic) bond motifs is 1. The first-order chi connectivity index (χ1) is 10.3. The number of aromatic nitrogens is 3. The van der Waals surface area contributed by atoms with Crippen LogP contribution >= 0.6 is 11.8 Å². The average molecular weight is 293 g/mol. The molecule has 0 saturated heterocycles. The van der Waals surface area contributed by atoms with Gasteiger partial charge in [0, 0.05) is 12.3 Å². The summed E-state index contributed by atoms with van der Waals surface area (Å²) in [4.78, 5) is 8.86. The van der Waals surface area contributed by atoms with Gasteiger partial charge in [-0.05, 0) is 11.8 Å². The maximum atomic E-state index is 9.41. The SMILES string of the molecule is CSc1nc2ccnn2c(N=Cc2ccccc2)c1C#N. The Morgan fingerprint density at radius 3 is 2.81 bits per heavy atom. The second-order valence-corrected chi connectivity index (χ2v) is 5.00. The second kappa shape index (κ2) is 5.77. The Morgan fingerprint density at radius 2 is 2.10 bits per heavy atom. The van der Waals surface area contributed by atoms with E-state index < -0.39 is 0 Å². The molecule has 0 radical (unpaired) electrons. The van der Waals surface area contributed by atoms with Gasteiger partial charge in [0.1, 0.15) is 16.7 Å². The van der Waals surface area contributed by atoms with E-state index in [9.17, 15) is 5.26 Å². The highest BCUT2D eigenvalue weighted by Crippen LogP contribution is 2.27. The fraction of sp³-hybridized carbons (Fsp3) is 0.0667. The third-order valence-corrected chi connectivity index (χ3v) is 3.60. The molecule has 2 aromatic heterocycles. The van der Waals surface area contributed by atoms with Gasteiger partial charge in [-0.2, -0.15) is 14.9 Å². The van der Waals surface area contributed by atoms with Crippen molar-refractivity contribution in [1.82, 2.24) is 14.6 Å². The molecule has 0 bridgehead atoms. The van der Waals surface area contributed by atoms with Gasteiger partial charge in [-0.1, -0.05) is 30.3 Å². The molecule has 5 nitrogen and oxygen atoms in total. The molecular weight excluding hydrogens is 282 g/mol. The van der Waals surface area contributed by atoms with Crippen molar-refractivity contribution in [1.29, 1.82) is 5.26 Å². The van der Waals surface area contributed by atoms with E-state index in [1.54, 1.807) is 23.0 Å². The molecule has 0 atom stereocenters. The van der Waals surface area contributed by atoms with E-state index in [-0.39, 0.29) is 0 Å². The highest BCUT2D eigenvalue weighted by molar-refractivity contribution is 7.98. The highest BCUT2D eigenvalue weighted by atomic mass is 32.2. The van der Waals surface area contributed by atoms with Crippen LogP contribution in [0.2, 0.25) is 0 Å². The Morgan fingerprint density at radius 1 is 1.29 bits per heavy atom. The normalized spacial score (nSPS) is 11.0. The lowest BCUT2D eigenvalue weighted by atomic mass is 10.2. The Labute approximate surface area is 126 Å². The molecule has 3 rings (SSSR count). The number of nitrogens with zero attached hydrogens (tertiary/aromatic N) is 5. The van der Waals surface area contributed by atoms with E-state index in [2.05, 4.69) is 21.1 Å². The van der Waals surface area contributed by atoms with E-state index in [0.717, 1.165) is 5.56 Å². The zero-order valence-corrected chi connectivity index (χ0v) is 12.1. The maximum Gasteiger partial charge on any atom is 0.176 e. The van der Waals surface area contributed by atoms with Crippen LogP contribution in [0.1, 0.15) is 11.1 Å². The lowest BCUT2D eigenvalue weighted by Gasteiger charge is -2.05. The van der Waals surface area contributed by atoms with Gasteiger partial charge < -0.3 is 0 Å². The van der Waals surface area contributed by atoms with E-state index >= 15 is 0 Å². The smallest absolute Gasteiger partial charge is 0.176 e. The summed E-state index contributed by atoms with van der Waals surface area (Å²) in [6.07, 6.45) is 5.26. The number of hydrogen-bond donors (Lipinski definition) is 0. The number of benzene rings is 1. The van der Waals surface area contributed by atoms with Crippen molar-refractivity contribution in [2.24, 2.45) is 4.99 Å². The van der Waals surface area contributed by atoms with Gasteiger partial charge in [-0.3, -0.25) is 0 Å². The zero-order valence-electron chi connectivity index (χ0n) is 11.3. The van der Waals surface area contributed by atoms with Crippen molar-refractivity contribution >= 4 is 29.4 Å². The number of thioether (sulfide) groups is 1. The average Bonchev–Trinajstić information content (AvgIpc) is 3.00. The molecule has 0 amide bonds. The summed E-state index contributed by atoms with van der Waals surface area (Å²) in [5.74, 6) is 0.501. The largest absolute Gasteiger partial charge is 0.235 e. The summed E-state index contributed by atoms with van der Waals surface area (Å²) in [5.41, 5.74) is 2.08. The van der Waals surface area contributed by atoms with Crippen molar-refractivity contribution in [2.45, 2.75) is 5.03 Å². The van der Waals surface area contributed by atoms with Crippen LogP contribution in [0.25, 0.3) is 5.65 Å². The topological polar surface area (TPSA) is 66.3 Å². The van der Waals surface area contributed by atoms with E-state index in [0.29, 0.717) is 22.1 Å². The minimum atomic E-state index is 0.436. The molecule has 102 valence electrons. The quantitative estimate of drug-likeness (QED) is 0.423. The second-order valence-electron chi connectivity index (χ2n) is 4.20. The van der Waals surface area contributed by atoms with Crippen LogP contribution in [-0.2, 0) is 0 Å². The number of rotatable bonds is 3. The van der Waals surface area contributed by atoms with E-state index in [1.807, 2.05) is 36.6 Å². The predicted molar refractivity (Wildman–Crippen MR) is 83.2 cm³/mol. The van der Waals surface area contributed by atoms with Gasteiger partial charge in [0.15, 0.2) is 11.5 Å².